The summed E-state index contributed by atoms with van der Waals surface area (Å²) >= 11 is 0. The molecule has 0 N–H and O–H groups in total. The van der Waals surface area contributed by atoms with Crippen molar-refractivity contribution in [3.63, 3.8) is 0 Å². The first-order chi connectivity index (χ1) is 14.8. The van der Waals surface area contributed by atoms with Gasteiger partial charge >= 0.3 is 0 Å². The number of hydrogen-bond acceptors (Lipinski definition) is 2. The van der Waals surface area contributed by atoms with Gasteiger partial charge in [0.05, 0.1) is 17.7 Å². The van der Waals surface area contributed by atoms with Crippen molar-refractivity contribution < 1.29 is 0 Å². The lowest BCUT2D eigenvalue weighted by Crippen LogP contribution is -2.17. The highest BCUT2D eigenvalue weighted by Gasteiger charge is 2.25. The molecule has 2 aliphatic carbocycles. The minimum absolute atomic E-state index is 0.703. The van der Waals surface area contributed by atoms with Crippen LogP contribution >= 0.6 is 0 Å². The van der Waals surface area contributed by atoms with E-state index in [9.17, 15) is 0 Å². The molecule has 0 saturated heterocycles. The molecule has 0 unspecified atom stereocenters. The van der Waals surface area contributed by atoms with E-state index in [1.54, 1.807) is 0 Å². The Balaban J connectivity index is 1.28. The summed E-state index contributed by atoms with van der Waals surface area (Å²) in [6.45, 7) is 0. The van der Waals surface area contributed by atoms with Crippen LogP contribution in [-0.4, -0.2) is 0 Å². The maximum atomic E-state index is 8.97. The van der Waals surface area contributed by atoms with Crippen LogP contribution in [0.25, 0.3) is 0 Å². The van der Waals surface area contributed by atoms with E-state index in [0.717, 1.165) is 29.7 Å². The first kappa shape index (κ1) is 22.4. The van der Waals surface area contributed by atoms with Gasteiger partial charge < -0.3 is 0 Å². The van der Waals surface area contributed by atoms with Gasteiger partial charge in [0, 0.05) is 6.08 Å². The fraction of sp³-hybridized carbons (Fsp3) is 0.571. The van der Waals surface area contributed by atoms with E-state index in [-0.39, 0.29) is 0 Å². The summed E-state index contributed by atoms with van der Waals surface area (Å²) in [6.07, 6.45) is 24.0. The molecular weight excluding hydrogens is 364 g/mol. The Morgan fingerprint density at radius 1 is 0.733 bits per heavy atom. The average molecular weight is 401 g/mol. The summed E-state index contributed by atoms with van der Waals surface area (Å²) in [7, 11) is 0. The molecular formula is C28H36N2. The molecule has 30 heavy (non-hydrogen) atoms. The quantitative estimate of drug-likeness (QED) is 0.329. The Morgan fingerprint density at radius 3 is 1.87 bits per heavy atom. The number of benzene rings is 1. The van der Waals surface area contributed by atoms with Gasteiger partial charge in [-0.1, -0.05) is 68.9 Å². The average Bonchev–Trinajstić information content (AvgIpc) is 2.81. The normalized spacial score (nSPS) is 27.1. The van der Waals surface area contributed by atoms with Gasteiger partial charge in [0.25, 0.3) is 0 Å². The molecule has 0 aliphatic heterocycles. The zero-order chi connectivity index (χ0) is 21.0. The third-order valence-electron chi connectivity index (χ3n) is 7.47. The van der Waals surface area contributed by atoms with Crippen molar-refractivity contribution in [3.8, 4) is 12.1 Å². The molecule has 0 radical (unpaired) electrons. The van der Waals surface area contributed by atoms with Crippen LogP contribution in [0.3, 0.4) is 0 Å². The van der Waals surface area contributed by atoms with E-state index in [1.165, 1.54) is 82.3 Å². The van der Waals surface area contributed by atoms with E-state index < -0.39 is 0 Å². The highest BCUT2D eigenvalue weighted by atomic mass is 14.3. The zero-order valence-electron chi connectivity index (χ0n) is 18.3. The molecule has 1 aromatic rings. The molecule has 2 nitrogen and oxygen atoms in total. The second-order valence-electron chi connectivity index (χ2n) is 9.41. The van der Waals surface area contributed by atoms with Crippen LogP contribution in [0.5, 0.6) is 0 Å². The highest BCUT2D eigenvalue weighted by Crippen LogP contribution is 2.40. The summed E-state index contributed by atoms with van der Waals surface area (Å²) in [5.74, 6) is 3.51. The van der Waals surface area contributed by atoms with Crippen LogP contribution in [0.1, 0.15) is 94.1 Å². The lowest BCUT2D eigenvalue weighted by Gasteiger charge is -2.32. The number of nitrogens with zero attached hydrogens (tertiary/aromatic N) is 2. The fourth-order valence-corrected chi connectivity index (χ4v) is 5.50. The monoisotopic (exact) mass is 400 g/mol. The van der Waals surface area contributed by atoms with Crippen LogP contribution in [0, 0.1) is 40.4 Å². The molecule has 2 heteroatoms. The fourth-order valence-electron chi connectivity index (χ4n) is 5.50. The Labute approximate surface area is 183 Å². The smallest absolute Gasteiger partial charge is 0.0991 e. The van der Waals surface area contributed by atoms with Crippen molar-refractivity contribution in [3.05, 3.63) is 59.7 Å². The minimum atomic E-state index is 0.703. The van der Waals surface area contributed by atoms with Crippen molar-refractivity contribution in [1.82, 2.24) is 0 Å². The largest absolute Gasteiger partial charge is 0.193 e. The molecule has 3 rings (SSSR count). The molecule has 0 atom stereocenters. The van der Waals surface area contributed by atoms with Crippen LogP contribution in [-0.2, 0) is 0 Å². The van der Waals surface area contributed by atoms with Gasteiger partial charge in [-0.3, -0.25) is 0 Å². The van der Waals surface area contributed by atoms with E-state index >= 15 is 0 Å². The van der Waals surface area contributed by atoms with E-state index in [0.29, 0.717) is 5.92 Å². The van der Waals surface area contributed by atoms with E-state index in [1.807, 2.05) is 30.4 Å². The summed E-state index contributed by atoms with van der Waals surface area (Å²) in [6, 6.07) is 12.5. The molecule has 0 heterocycles. The second-order valence-corrected chi connectivity index (χ2v) is 9.41. The first-order valence-electron chi connectivity index (χ1n) is 12.0. The molecule has 2 fully saturated rings. The number of nitriles is 2. The first-order valence-corrected chi connectivity index (χ1v) is 12.0. The maximum absolute atomic E-state index is 8.97. The van der Waals surface area contributed by atoms with Gasteiger partial charge in [-0.05, 0) is 79.9 Å². The molecule has 0 spiro atoms. The van der Waals surface area contributed by atoms with Crippen molar-refractivity contribution in [2.24, 2.45) is 17.8 Å². The Kier molecular flexibility index (Phi) is 9.24. The summed E-state index contributed by atoms with van der Waals surface area (Å²) in [5.41, 5.74) is 2.20. The molecule has 0 bridgehead atoms. The van der Waals surface area contributed by atoms with Crippen LogP contribution in [0.2, 0.25) is 0 Å². The second kappa shape index (κ2) is 12.4. The molecule has 2 aliphatic rings. The van der Waals surface area contributed by atoms with Crippen molar-refractivity contribution in [2.45, 2.75) is 83.0 Å². The third-order valence-corrected chi connectivity index (χ3v) is 7.47. The van der Waals surface area contributed by atoms with Gasteiger partial charge in [-0.15, -0.1) is 0 Å². The number of rotatable bonds is 8. The SMILES string of the molecule is N#C/C=C/C=C/CCC1CCC(CCC2CCC(c3ccc(C#N)cc3)CC2)CC1. The van der Waals surface area contributed by atoms with Crippen molar-refractivity contribution >= 4 is 0 Å². The lowest BCUT2D eigenvalue weighted by atomic mass is 9.74. The summed E-state index contributed by atoms with van der Waals surface area (Å²) < 4.78 is 0. The Morgan fingerprint density at radius 2 is 1.30 bits per heavy atom. The molecule has 0 aromatic heterocycles. The molecule has 1 aromatic carbocycles. The van der Waals surface area contributed by atoms with Gasteiger partial charge in [-0.25, -0.2) is 0 Å². The Hall–Kier alpha value is -2.32. The van der Waals surface area contributed by atoms with E-state index in [4.69, 9.17) is 10.5 Å². The van der Waals surface area contributed by atoms with Crippen LogP contribution < -0.4 is 0 Å². The molecule has 158 valence electrons. The topological polar surface area (TPSA) is 47.6 Å². The molecule has 0 amide bonds. The van der Waals surface area contributed by atoms with Crippen LogP contribution in [0.15, 0.2) is 48.6 Å². The van der Waals surface area contributed by atoms with E-state index in [2.05, 4.69) is 24.3 Å². The highest BCUT2D eigenvalue weighted by molar-refractivity contribution is 5.33. The summed E-state index contributed by atoms with van der Waals surface area (Å²) in [5, 5.41) is 17.4. The maximum Gasteiger partial charge on any atom is 0.0991 e. The standard InChI is InChI=1S/C28H36N2/c29-21-5-3-1-2-4-6-23-7-9-24(10-8-23)11-12-25-13-17-27(18-14-25)28-19-15-26(22-30)16-20-28/h1-3,5,15-16,19-20,23-25,27H,4,6-14,17-18H2/b2-1+,5-3+. The van der Waals surface area contributed by atoms with Crippen molar-refractivity contribution in [2.75, 3.05) is 0 Å². The lowest BCUT2D eigenvalue weighted by molar-refractivity contribution is 0.225. The third kappa shape index (κ3) is 7.18. The predicted octanol–water partition coefficient (Wildman–Crippen LogP) is 7.83. The molecule has 2 saturated carbocycles. The van der Waals surface area contributed by atoms with Gasteiger partial charge in [0.1, 0.15) is 0 Å². The van der Waals surface area contributed by atoms with Crippen LogP contribution in [0.4, 0.5) is 0 Å². The van der Waals surface area contributed by atoms with Crippen molar-refractivity contribution in [1.29, 1.82) is 10.5 Å². The summed E-state index contributed by atoms with van der Waals surface area (Å²) in [4.78, 5) is 0. The van der Waals surface area contributed by atoms with Gasteiger partial charge in [0.15, 0.2) is 0 Å². The minimum Gasteiger partial charge on any atom is -0.193 e. The predicted molar refractivity (Wildman–Crippen MR) is 124 cm³/mol. The Bertz CT molecular complexity index is 758. The van der Waals surface area contributed by atoms with Gasteiger partial charge in [-0.2, -0.15) is 10.5 Å². The number of hydrogen-bond donors (Lipinski definition) is 0. The zero-order valence-corrected chi connectivity index (χ0v) is 18.3. The van der Waals surface area contributed by atoms with Gasteiger partial charge in [0.2, 0.25) is 0 Å². The number of allylic oxidation sites excluding steroid dienone is 4.